The van der Waals surface area contributed by atoms with E-state index >= 15 is 0 Å². The van der Waals surface area contributed by atoms with Gasteiger partial charge in [0, 0.05) is 6.42 Å². The lowest BCUT2D eigenvalue weighted by Crippen LogP contribution is -2.49. The molecule has 2 bridgehead atoms. The SMILES string of the molecule is CC[C@@H]1O[C@@]2(C)CC[C@H](O2)[C@H]1O. The third-order valence-corrected chi connectivity index (χ3v) is 2.85. The number of fused-ring (bicyclic) bond motifs is 2. The van der Waals surface area contributed by atoms with Crippen LogP contribution in [0.3, 0.4) is 0 Å². The van der Waals surface area contributed by atoms with E-state index in [4.69, 9.17) is 9.47 Å². The number of rotatable bonds is 1. The van der Waals surface area contributed by atoms with Crippen LogP contribution in [0.5, 0.6) is 0 Å². The molecule has 2 saturated heterocycles. The molecule has 2 aliphatic heterocycles. The van der Waals surface area contributed by atoms with E-state index in [-0.39, 0.29) is 12.2 Å². The molecule has 2 heterocycles. The lowest BCUT2D eigenvalue weighted by atomic mass is 10.0. The van der Waals surface area contributed by atoms with Gasteiger partial charge in [0.15, 0.2) is 5.79 Å². The Morgan fingerprint density at radius 1 is 1.50 bits per heavy atom. The van der Waals surface area contributed by atoms with Crippen LogP contribution in [0.15, 0.2) is 0 Å². The third-order valence-electron chi connectivity index (χ3n) is 2.85. The summed E-state index contributed by atoms with van der Waals surface area (Å²) in [5.41, 5.74) is 0. The van der Waals surface area contributed by atoms with Gasteiger partial charge in [0.2, 0.25) is 0 Å². The first kappa shape index (κ1) is 8.48. The summed E-state index contributed by atoms with van der Waals surface area (Å²) in [7, 11) is 0. The average Bonchev–Trinajstić information content (AvgIpc) is 2.38. The van der Waals surface area contributed by atoms with Crippen molar-refractivity contribution in [3.8, 4) is 0 Å². The minimum absolute atomic E-state index is 0.00806. The molecule has 2 aliphatic rings. The van der Waals surface area contributed by atoms with Crippen molar-refractivity contribution in [1.82, 2.24) is 0 Å². The number of aliphatic hydroxyl groups is 1. The quantitative estimate of drug-likeness (QED) is 0.642. The molecule has 2 fully saturated rings. The second kappa shape index (κ2) is 2.69. The fourth-order valence-electron chi connectivity index (χ4n) is 2.12. The summed E-state index contributed by atoms with van der Waals surface area (Å²) in [4.78, 5) is 0. The van der Waals surface area contributed by atoms with Crippen LogP contribution < -0.4 is 0 Å². The normalized spacial score (nSPS) is 52.8. The predicted octanol–water partition coefficient (Wildman–Crippen LogP) is 1.05. The van der Waals surface area contributed by atoms with Gasteiger partial charge < -0.3 is 14.6 Å². The van der Waals surface area contributed by atoms with Gasteiger partial charge in [-0.25, -0.2) is 0 Å². The van der Waals surface area contributed by atoms with Gasteiger partial charge in [-0.15, -0.1) is 0 Å². The maximum absolute atomic E-state index is 9.72. The molecular formula is C9H16O3. The summed E-state index contributed by atoms with van der Waals surface area (Å²) in [6, 6.07) is 0. The zero-order valence-electron chi connectivity index (χ0n) is 7.62. The van der Waals surface area contributed by atoms with Gasteiger partial charge in [0.05, 0.1) is 12.2 Å². The summed E-state index contributed by atoms with van der Waals surface area (Å²) in [6.45, 7) is 3.99. The van der Waals surface area contributed by atoms with E-state index in [9.17, 15) is 5.11 Å². The second-order valence-electron chi connectivity index (χ2n) is 3.88. The minimum Gasteiger partial charge on any atom is -0.388 e. The molecule has 0 aromatic heterocycles. The van der Waals surface area contributed by atoms with Crippen LogP contribution in [0, 0.1) is 0 Å². The van der Waals surface area contributed by atoms with Crippen LogP contribution >= 0.6 is 0 Å². The fourth-order valence-corrected chi connectivity index (χ4v) is 2.12. The molecule has 70 valence electrons. The molecule has 3 heteroatoms. The summed E-state index contributed by atoms with van der Waals surface area (Å²) in [5, 5.41) is 9.72. The number of ether oxygens (including phenoxy) is 2. The highest BCUT2D eigenvalue weighted by molar-refractivity contribution is 4.91. The van der Waals surface area contributed by atoms with Crippen molar-refractivity contribution in [3.05, 3.63) is 0 Å². The summed E-state index contributed by atoms with van der Waals surface area (Å²) < 4.78 is 11.2. The van der Waals surface area contributed by atoms with E-state index in [1.165, 1.54) is 0 Å². The van der Waals surface area contributed by atoms with Crippen LogP contribution in [-0.4, -0.2) is 29.2 Å². The van der Waals surface area contributed by atoms with Gasteiger partial charge in [-0.2, -0.15) is 0 Å². The summed E-state index contributed by atoms with van der Waals surface area (Å²) >= 11 is 0. The Morgan fingerprint density at radius 2 is 2.25 bits per heavy atom. The predicted molar refractivity (Wildman–Crippen MR) is 43.7 cm³/mol. The molecule has 0 amide bonds. The molecule has 2 rings (SSSR count). The Labute approximate surface area is 72.7 Å². The Kier molecular flexibility index (Phi) is 1.90. The number of aliphatic hydroxyl groups excluding tert-OH is 1. The van der Waals surface area contributed by atoms with Gasteiger partial charge in [0.1, 0.15) is 6.10 Å². The smallest absolute Gasteiger partial charge is 0.166 e. The van der Waals surface area contributed by atoms with Gasteiger partial charge >= 0.3 is 0 Å². The monoisotopic (exact) mass is 172 g/mol. The first-order valence-electron chi connectivity index (χ1n) is 4.68. The third kappa shape index (κ3) is 1.16. The zero-order valence-corrected chi connectivity index (χ0v) is 7.62. The minimum atomic E-state index is -0.425. The molecule has 0 aromatic carbocycles. The van der Waals surface area contributed by atoms with Crippen LogP contribution in [0.25, 0.3) is 0 Å². The molecule has 0 unspecified atom stereocenters. The van der Waals surface area contributed by atoms with Crippen molar-refractivity contribution in [2.75, 3.05) is 0 Å². The van der Waals surface area contributed by atoms with Crippen molar-refractivity contribution >= 4 is 0 Å². The largest absolute Gasteiger partial charge is 0.388 e. The maximum Gasteiger partial charge on any atom is 0.166 e. The van der Waals surface area contributed by atoms with Crippen LogP contribution in [0.2, 0.25) is 0 Å². The molecule has 3 nitrogen and oxygen atoms in total. The van der Waals surface area contributed by atoms with Gasteiger partial charge in [-0.3, -0.25) is 0 Å². The Hall–Kier alpha value is -0.120. The van der Waals surface area contributed by atoms with E-state index in [1.54, 1.807) is 0 Å². The molecule has 0 aliphatic carbocycles. The van der Waals surface area contributed by atoms with Gasteiger partial charge in [-0.1, -0.05) is 6.92 Å². The van der Waals surface area contributed by atoms with Crippen molar-refractivity contribution in [2.24, 2.45) is 0 Å². The van der Waals surface area contributed by atoms with Crippen molar-refractivity contribution in [2.45, 2.75) is 57.2 Å². The molecule has 0 spiro atoms. The van der Waals surface area contributed by atoms with Gasteiger partial charge in [0.25, 0.3) is 0 Å². The summed E-state index contributed by atoms with van der Waals surface area (Å²) in [5.74, 6) is -0.412. The van der Waals surface area contributed by atoms with E-state index < -0.39 is 11.9 Å². The summed E-state index contributed by atoms with van der Waals surface area (Å²) in [6.07, 6.45) is 2.24. The van der Waals surface area contributed by atoms with Crippen LogP contribution in [0.1, 0.15) is 33.1 Å². The Bertz CT molecular complexity index is 183. The molecule has 0 saturated carbocycles. The second-order valence-corrected chi connectivity index (χ2v) is 3.88. The van der Waals surface area contributed by atoms with E-state index in [2.05, 4.69) is 0 Å². The van der Waals surface area contributed by atoms with Crippen LogP contribution in [-0.2, 0) is 9.47 Å². The molecule has 1 N–H and O–H groups in total. The van der Waals surface area contributed by atoms with E-state index in [0.717, 1.165) is 19.3 Å². The first-order valence-corrected chi connectivity index (χ1v) is 4.68. The fraction of sp³-hybridized carbons (Fsp3) is 1.00. The zero-order chi connectivity index (χ0) is 8.77. The van der Waals surface area contributed by atoms with Crippen molar-refractivity contribution in [3.63, 3.8) is 0 Å². The topological polar surface area (TPSA) is 38.7 Å². The molecule has 0 radical (unpaired) electrons. The lowest BCUT2D eigenvalue weighted by Gasteiger charge is -2.38. The highest BCUT2D eigenvalue weighted by Gasteiger charge is 2.49. The Morgan fingerprint density at radius 3 is 2.92 bits per heavy atom. The Balaban J connectivity index is 2.14. The highest BCUT2D eigenvalue weighted by atomic mass is 16.7. The maximum atomic E-state index is 9.72. The number of hydrogen-bond acceptors (Lipinski definition) is 3. The van der Waals surface area contributed by atoms with Crippen molar-refractivity contribution in [1.29, 1.82) is 0 Å². The molecule has 4 atom stereocenters. The highest BCUT2D eigenvalue weighted by Crippen LogP contribution is 2.40. The van der Waals surface area contributed by atoms with Crippen LogP contribution in [0.4, 0.5) is 0 Å². The lowest BCUT2D eigenvalue weighted by molar-refractivity contribution is -0.308. The molecule has 12 heavy (non-hydrogen) atoms. The average molecular weight is 172 g/mol. The van der Waals surface area contributed by atoms with E-state index in [1.807, 2.05) is 13.8 Å². The molecule has 0 aromatic rings. The number of hydrogen-bond donors (Lipinski definition) is 1. The van der Waals surface area contributed by atoms with E-state index in [0.29, 0.717) is 0 Å². The van der Waals surface area contributed by atoms with Gasteiger partial charge in [-0.05, 0) is 19.8 Å². The standard InChI is InChI=1S/C9H16O3/c1-3-6-8(10)7-4-5-9(2,11-6)12-7/h6-8,10H,3-5H2,1-2H3/t6-,7-,8-,9+/m0/s1. The van der Waals surface area contributed by atoms with Crippen molar-refractivity contribution < 1.29 is 14.6 Å². The first-order chi connectivity index (χ1) is 5.64. The molecular weight excluding hydrogens is 156 g/mol.